The zero-order valence-electron chi connectivity index (χ0n) is 14.4. The first-order chi connectivity index (χ1) is 12.2. The molecule has 1 N–H and O–H groups in total. The zero-order valence-corrected chi connectivity index (χ0v) is 14.4. The summed E-state index contributed by atoms with van der Waals surface area (Å²) in [7, 11) is 1.65. The van der Waals surface area contributed by atoms with Gasteiger partial charge in [-0.3, -0.25) is 9.78 Å². The number of aromatic nitrogens is 1. The van der Waals surface area contributed by atoms with E-state index in [4.69, 9.17) is 4.74 Å². The number of hydrogen-bond acceptors (Lipinski definition) is 4. The summed E-state index contributed by atoms with van der Waals surface area (Å²) in [5.41, 5.74) is 2.63. The Morgan fingerprint density at radius 2 is 1.92 bits per heavy atom. The maximum absolute atomic E-state index is 13.0. The molecule has 2 unspecified atom stereocenters. The van der Waals surface area contributed by atoms with Crippen LogP contribution < -0.4 is 10.1 Å². The van der Waals surface area contributed by atoms with E-state index < -0.39 is 0 Å². The average molecular weight is 337 g/mol. The summed E-state index contributed by atoms with van der Waals surface area (Å²) >= 11 is 0. The van der Waals surface area contributed by atoms with Crippen molar-refractivity contribution in [3.05, 3.63) is 48.3 Å². The molecule has 1 aromatic carbocycles. The van der Waals surface area contributed by atoms with Crippen LogP contribution in [0.2, 0.25) is 0 Å². The molecule has 2 fully saturated rings. The van der Waals surface area contributed by atoms with Crippen molar-refractivity contribution in [3.63, 3.8) is 0 Å². The lowest BCUT2D eigenvalue weighted by Crippen LogP contribution is -2.39. The van der Waals surface area contributed by atoms with Gasteiger partial charge in [-0.2, -0.15) is 0 Å². The summed E-state index contributed by atoms with van der Waals surface area (Å²) in [5.74, 6) is 0.897. The van der Waals surface area contributed by atoms with Crippen LogP contribution in [0.3, 0.4) is 0 Å². The number of methoxy groups -OCH3 is 1. The van der Waals surface area contributed by atoms with Crippen LogP contribution in [-0.4, -0.2) is 48.1 Å². The van der Waals surface area contributed by atoms with Crippen LogP contribution in [0.5, 0.6) is 5.75 Å². The molecule has 5 heteroatoms. The fourth-order valence-electron chi connectivity index (χ4n) is 3.81. The topological polar surface area (TPSA) is 54.5 Å². The van der Waals surface area contributed by atoms with E-state index >= 15 is 0 Å². The molecular formula is C20H23N3O2. The van der Waals surface area contributed by atoms with Gasteiger partial charge < -0.3 is 15.0 Å². The van der Waals surface area contributed by atoms with E-state index in [1.165, 1.54) is 12.8 Å². The van der Waals surface area contributed by atoms with Crippen molar-refractivity contribution in [1.29, 1.82) is 0 Å². The van der Waals surface area contributed by atoms with Crippen LogP contribution in [0.1, 0.15) is 29.6 Å². The summed E-state index contributed by atoms with van der Waals surface area (Å²) in [6.07, 6.45) is 6.91. The molecule has 2 aliphatic rings. The SMILES string of the molecule is COc1ccc(-c2cncc(C(=O)N3CCC4CCC(C3)N4)c2)cc1. The molecule has 2 bridgehead atoms. The van der Waals surface area contributed by atoms with E-state index in [1.807, 2.05) is 35.2 Å². The predicted molar refractivity (Wildman–Crippen MR) is 96.7 cm³/mol. The van der Waals surface area contributed by atoms with Gasteiger partial charge in [0.15, 0.2) is 0 Å². The maximum atomic E-state index is 13.0. The normalized spacial score (nSPS) is 22.5. The minimum absolute atomic E-state index is 0.0808. The van der Waals surface area contributed by atoms with E-state index in [2.05, 4.69) is 10.3 Å². The van der Waals surface area contributed by atoms with Crippen LogP contribution in [0, 0.1) is 0 Å². The molecule has 1 aromatic heterocycles. The van der Waals surface area contributed by atoms with Crippen LogP contribution in [-0.2, 0) is 0 Å². The number of pyridine rings is 1. The number of amides is 1. The third-order valence-corrected chi connectivity index (χ3v) is 5.22. The third-order valence-electron chi connectivity index (χ3n) is 5.22. The number of likely N-dealkylation sites (tertiary alicyclic amines) is 1. The highest BCUT2D eigenvalue weighted by molar-refractivity contribution is 5.95. The lowest BCUT2D eigenvalue weighted by molar-refractivity contribution is 0.0748. The molecule has 2 aliphatic heterocycles. The van der Waals surface area contributed by atoms with Gasteiger partial charge in [0.2, 0.25) is 0 Å². The summed E-state index contributed by atoms with van der Waals surface area (Å²) in [4.78, 5) is 19.2. The number of carbonyl (C=O) groups excluding carboxylic acids is 1. The second-order valence-electron chi connectivity index (χ2n) is 6.87. The molecule has 0 radical (unpaired) electrons. The first-order valence-electron chi connectivity index (χ1n) is 8.88. The Morgan fingerprint density at radius 3 is 2.72 bits per heavy atom. The molecule has 5 nitrogen and oxygen atoms in total. The summed E-state index contributed by atoms with van der Waals surface area (Å²) in [6, 6.07) is 10.8. The lowest BCUT2D eigenvalue weighted by atomic mass is 10.0. The lowest BCUT2D eigenvalue weighted by Gasteiger charge is -2.24. The van der Waals surface area contributed by atoms with E-state index in [1.54, 1.807) is 19.5 Å². The predicted octanol–water partition coefficient (Wildman–Crippen LogP) is 2.72. The number of fused-ring (bicyclic) bond motifs is 2. The first kappa shape index (κ1) is 16.1. The Bertz CT molecular complexity index is 760. The molecule has 25 heavy (non-hydrogen) atoms. The summed E-state index contributed by atoms with van der Waals surface area (Å²) in [6.45, 7) is 1.61. The van der Waals surface area contributed by atoms with Gasteiger partial charge in [-0.25, -0.2) is 0 Å². The van der Waals surface area contributed by atoms with Crippen molar-refractivity contribution in [2.45, 2.75) is 31.3 Å². The van der Waals surface area contributed by atoms with Crippen LogP contribution >= 0.6 is 0 Å². The van der Waals surface area contributed by atoms with Crippen molar-refractivity contribution >= 4 is 5.91 Å². The number of nitrogens with zero attached hydrogens (tertiary/aromatic N) is 2. The second-order valence-corrected chi connectivity index (χ2v) is 6.87. The molecule has 130 valence electrons. The minimum atomic E-state index is 0.0808. The number of nitrogens with one attached hydrogen (secondary N) is 1. The molecule has 0 spiro atoms. The average Bonchev–Trinajstić information content (AvgIpc) is 3.00. The largest absolute Gasteiger partial charge is 0.497 e. The van der Waals surface area contributed by atoms with Gasteiger partial charge in [-0.1, -0.05) is 12.1 Å². The Labute approximate surface area is 148 Å². The highest BCUT2D eigenvalue weighted by Crippen LogP contribution is 2.24. The van der Waals surface area contributed by atoms with E-state index in [-0.39, 0.29) is 5.91 Å². The quantitative estimate of drug-likeness (QED) is 0.936. The van der Waals surface area contributed by atoms with Crippen molar-refractivity contribution in [1.82, 2.24) is 15.2 Å². The van der Waals surface area contributed by atoms with Gasteiger partial charge in [-0.05, 0) is 43.0 Å². The number of hydrogen-bond donors (Lipinski definition) is 1. The molecule has 3 heterocycles. The minimum Gasteiger partial charge on any atom is -0.497 e. The van der Waals surface area contributed by atoms with Crippen molar-refractivity contribution < 1.29 is 9.53 Å². The molecule has 1 amide bonds. The van der Waals surface area contributed by atoms with Crippen LogP contribution in [0.4, 0.5) is 0 Å². The number of benzene rings is 1. The Morgan fingerprint density at radius 1 is 1.12 bits per heavy atom. The summed E-state index contributed by atoms with van der Waals surface area (Å²) in [5, 5.41) is 3.62. The number of rotatable bonds is 3. The monoisotopic (exact) mass is 337 g/mol. The van der Waals surface area contributed by atoms with Gasteiger partial charge in [-0.15, -0.1) is 0 Å². The van der Waals surface area contributed by atoms with Crippen LogP contribution in [0.25, 0.3) is 11.1 Å². The molecule has 2 atom stereocenters. The second kappa shape index (κ2) is 6.84. The molecule has 4 rings (SSSR count). The molecule has 2 saturated heterocycles. The zero-order chi connectivity index (χ0) is 17.2. The Kier molecular flexibility index (Phi) is 4.40. The number of carbonyl (C=O) groups is 1. The highest BCUT2D eigenvalue weighted by Gasteiger charge is 2.31. The van der Waals surface area contributed by atoms with E-state index in [9.17, 15) is 4.79 Å². The Hall–Kier alpha value is -2.40. The highest BCUT2D eigenvalue weighted by atomic mass is 16.5. The maximum Gasteiger partial charge on any atom is 0.255 e. The van der Waals surface area contributed by atoms with Crippen molar-refractivity contribution in [2.24, 2.45) is 0 Å². The number of ether oxygens (including phenoxy) is 1. The van der Waals surface area contributed by atoms with Gasteiger partial charge in [0.1, 0.15) is 5.75 Å². The van der Waals surface area contributed by atoms with Gasteiger partial charge in [0, 0.05) is 43.1 Å². The van der Waals surface area contributed by atoms with E-state index in [0.29, 0.717) is 17.6 Å². The van der Waals surface area contributed by atoms with Gasteiger partial charge in [0.25, 0.3) is 5.91 Å². The molecule has 0 aliphatic carbocycles. The smallest absolute Gasteiger partial charge is 0.255 e. The third kappa shape index (κ3) is 3.37. The summed E-state index contributed by atoms with van der Waals surface area (Å²) < 4.78 is 5.20. The van der Waals surface area contributed by atoms with Gasteiger partial charge in [0.05, 0.1) is 12.7 Å². The Balaban J connectivity index is 1.54. The van der Waals surface area contributed by atoms with Crippen molar-refractivity contribution in [2.75, 3.05) is 20.2 Å². The molecular weight excluding hydrogens is 314 g/mol. The van der Waals surface area contributed by atoms with Crippen LogP contribution in [0.15, 0.2) is 42.7 Å². The van der Waals surface area contributed by atoms with Gasteiger partial charge >= 0.3 is 0 Å². The standard InChI is InChI=1S/C20H23N3O2/c1-25-19-6-2-14(3-7-19)15-10-16(12-21-11-15)20(24)23-9-8-17-4-5-18(13-23)22-17/h2-3,6-7,10-12,17-18,22H,4-5,8-9,13H2,1H3. The molecule has 2 aromatic rings. The first-order valence-corrected chi connectivity index (χ1v) is 8.88. The van der Waals surface area contributed by atoms with Crippen molar-refractivity contribution in [3.8, 4) is 16.9 Å². The molecule has 0 saturated carbocycles. The fourth-order valence-corrected chi connectivity index (χ4v) is 3.81. The fraction of sp³-hybridized carbons (Fsp3) is 0.400. The van der Waals surface area contributed by atoms with E-state index in [0.717, 1.165) is 36.4 Å².